The first-order chi connectivity index (χ1) is 30.7. The fourth-order valence-corrected chi connectivity index (χ4v) is 8.54. The number of aromatic nitrogens is 6. The summed E-state index contributed by atoms with van der Waals surface area (Å²) in [4.78, 5) is 25.4. The van der Waals surface area contributed by atoms with E-state index < -0.39 is 0 Å². The molecular formula is C55H34N6O. The smallest absolute Gasteiger partial charge is 0.164 e. The van der Waals surface area contributed by atoms with Crippen LogP contribution in [0, 0.1) is 0 Å². The molecular weight excluding hydrogens is 761 g/mol. The Balaban J connectivity index is 1.02. The van der Waals surface area contributed by atoms with Crippen LogP contribution in [0.2, 0.25) is 0 Å². The number of furan rings is 1. The number of hydrogen-bond donors (Lipinski definition) is 0. The van der Waals surface area contributed by atoms with Gasteiger partial charge in [-0.1, -0.05) is 164 Å². The van der Waals surface area contributed by atoms with Crippen LogP contribution in [0.25, 0.3) is 117 Å². The fraction of sp³-hybridized carbons (Fsp3) is 0. The van der Waals surface area contributed by atoms with Crippen molar-refractivity contribution in [3.8, 4) is 73.8 Å². The second-order valence-corrected chi connectivity index (χ2v) is 15.3. The van der Waals surface area contributed by atoms with Crippen molar-refractivity contribution in [3.63, 3.8) is 0 Å². The summed E-state index contributed by atoms with van der Waals surface area (Å²) in [5, 5.41) is 4.21. The highest BCUT2D eigenvalue weighted by Gasteiger charge is 2.20. The zero-order valence-corrected chi connectivity index (χ0v) is 33.2. The van der Waals surface area contributed by atoms with E-state index in [4.69, 9.17) is 29.3 Å². The summed E-state index contributed by atoms with van der Waals surface area (Å²) >= 11 is 0. The molecule has 62 heavy (non-hydrogen) atoms. The van der Waals surface area contributed by atoms with Gasteiger partial charge in [-0.3, -0.25) is 4.57 Å². The van der Waals surface area contributed by atoms with Gasteiger partial charge in [0, 0.05) is 55.4 Å². The molecule has 0 radical (unpaired) electrons. The van der Waals surface area contributed by atoms with Gasteiger partial charge in [0.1, 0.15) is 17.0 Å². The lowest BCUT2D eigenvalue weighted by Crippen LogP contribution is -2.02. The molecule has 8 aromatic carbocycles. The van der Waals surface area contributed by atoms with Crippen LogP contribution in [0.3, 0.4) is 0 Å². The molecule has 0 aliphatic heterocycles. The summed E-state index contributed by atoms with van der Waals surface area (Å²) in [5.74, 6) is 3.29. The average molecular weight is 795 g/mol. The van der Waals surface area contributed by atoms with E-state index in [1.54, 1.807) is 0 Å². The number of benzene rings is 8. The van der Waals surface area contributed by atoms with Gasteiger partial charge in [-0.2, -0.15) is 0 Å². The van der Waals surface area contributed by atoms with Crippen molar-refractivity contribution in [2.45, 2.75) is 0 Å². The topological polar surface area (TPSA) is 82.5 Å². The van der Waals surface area contributed by atoms with Crippen LogP contribution >= 0.6 is 0 Å². The average Bonchev–Trinajstić information content (AvgIpc) is 3.90. The summed E-state index contributed by atoms with van der Waals surface area (Å²) < 4.78 is 8.77. The van der Waals surface area contributed by atoms with Gasteiger partial charge < -0.3 is 4.42 Å². The van der Waals surface area contributed by atoms with Crippen LogP contribution in [0.4, 0.5) is 0 Å². The lowest BCUT2D eigenvalue weighted by molar-refractivity contribution is 0.669. The zero-order chi connectivity index (χ0) is 41.0. The third-order valence-electron chi connectivity index (χ3n) is 11.5. The van der Waals surface area contributed by atoms with E-state index in [9.17, 15) is 0 Å². The molecule has 7 heteroatoms. The molecule has 12 aromatic rings. The standard InChI is InChI=1S/C55H34N6O/c1-5-16-35(17-6-1)45-34-50(57-52(56-45)36-18-7-2-8-19-36)61-46-26-14-13-24-41(46)43-32-39(28-30-47(43)61)40-29-31-48-44(33-40)51-42(25-15-27-49(51)62-48)55-59-53(37-20-9-3-10-21-37)58-54(60-55)38-22-11-4-12-23-38/h1-34H. The van der Waals surface area contributed by atoms with Crippen LogP contribution in [0.15, 0.2) is 211 Å². The first-order valence-corrected chi connectivity index (χ1v) is 20.6. The summed E-state index contributed by atoms with van der Waals surface area (Å²) in [7, 11) is 0. The molecule has 0 fully saturated rings. The molecule has 0 aliphatic carbocycles. The number of nitrogens with zero attached hydrogens (tertiary/aromatic N) is 6. The Morgan fingerprint density at radius 1 is 0.323 bits per heavy atom. The van der Waals surface area contributed by atoms with Crippen molar-refractivity contribution in [1.82, 2.24) is 29.5 Å². The maximum absolute atomic E-state index is 6.51. The normalized spacial score (nSPS) is 11.5. The van der Waals surface area contributed by atoms with Gasteiger partial charge >= 0.3 is 0 Å². The quantitative estimate of drug-likeness (QED) is 0.160. The summed E-state index contributed by atoms with van der Waals surface area (Å²) in [6, 6.07) is 70.4. The lowest BCUT2D eigenvalue weighted by atomic mass is 9.99. The first-order valence-electron chi connectivity index (χ1n) is 20.6. The third kappa shape index (κ3) is 6.11. The monoisotopic (exact) mass is 794 g/mol. The van der Waals surface area contributed by atoms with E-state index in [1.165, 1.54) is 0 Å². The van der Waals surface area contributed by atoms with E-state index in [-0.39, 0.29) is 0 Å². The van der Waals surface area contributed by atoms with Crippen molar-refractivity contribution in [1.29, 1.82) is 0 Å². The molecule has 0 unspecified atom stereocenters. The molecule has 0 aliphatic rings. The van der Waals surface area contributed by atoms with E-state index in [0.29, 0.717) is 23.3 Å². The molecule has 4 aromatic heterocycles. The summed E-state index contributed by atoms with van der Waals surface area (Å²) in [5.41, 5.74) is 11.4. The van der Waals surface area contributed by atoms with Gasteiger partial charge in [-0.25, -0.2) is 24.9 Å². The summed E-state index contributed by atoms with van der Waals surface area (Å²) in [6.07, 6.45) is 0. The molecule has 0 bridgehead atoms. The van der Waals surface area contributed by atoms with Gasteiger partial charge in [-0.05, 0) is 47.5 Å². The van der Waals surface area contributed by atoms with Crippen molar-refractivity contribution in [2.75, 3.05) is 0 Å². The van der Waals surface area contributed by atoms with Crippen LogP contribution in [-0.4, -0.2) is 29.5 Å². The minimum absolute atomic E-state index is 0.584. The number of rotatable bonds is 7. The van der Waals surface area contributed by atoms with Crippen LogP contribution in [-0.2, 0) is 0 Å². The van der Waals surface area contributed by atoms with E-state index in [2.05, 4.69) is 102 Å². The van der Waals surface area contributed by atoms with Crippen molar-refractivity contribution >= 4 is 43.7 Å². The molecule has 12 rings (SSSR count). The lowest BCUT2D eigenvalue weighted by Gasteiger charge is -2.12. The van der Waals surface area contributed by atoms with Crippen LogP contribution in [0.1, 0.15) is 0 Å². The van der Waals surface area contributed by atoms with Gasteiger partial charge in [0.15, 0.2) is 23.3 Å². The predicted molar refractivity (Wildman–Crippen MR) is 250 cm³/mol. The molecule has 0 amide bonds. The number of hydrogen-bond acceptors (Lipinski definition) is 6. The molecule has 0 N–H and O–H groups in total. The SMILES string of the molecule is c1ccc(-c2cc(-n3c4ccccc4c4cc(-c5ccc6oc7cccc(-c8nc(-c9ccccc9)nc(-c9ccccc9)n8)c7c6c5)ccc43)nc(-c3ccccc3)n2)cc1. The number of fused-ring (bicyclic) bond motifs is 6. The highest BCUT2D eigenvalue weighted by atomic mass is 16.3. The molecule has 0 saturated carbocycles. The number of para-hydroxylation sites is 1. The van der Waals surface area contributed by atoms with E-state index in [0.717, 1.165) is 94.2 Å². The van der Waals surface area contributed by atoms with E-state index in [1.807, 2.05) is 109 Å². The highest BCUT2D eigenvalue weighted by molar-refractivity contribution is 6.14. The Kier molecular flexibility index (Phi) is 8.35. The molecule has 290 valence electrons. The van der Waals surface area contributed by atoms with Gasteiger partial charge in [0.25, 0.3) is 0 Å². The third-order valence-corrected chi connectivity index (χ3v) is 11.5. The first kappa shape index (κ1) is 35.4. The second-order valence-electron chi connectivity index (χ2n) is 15.3. The van der Waals surface area contributed by atoms with Gasteiger partial charge in [-0.15, -0.1) is 0 Å². The van der Waals surface area contributed by atoms with Crippen molar-refractivity contribution < 1.29 is 4.42 Å². The maximum atomic E-state index is 6.51. The van der Waals surface area contributed by atoms with Crippen molar-refractivity contribution in [2.24, 2.45) is 0 Å². The molecule has 0 spiro atoms. The zero-order valence-electron chi connectivity index (χ0n) is 33.2. The Hall–Kier alpha value is -8.55. The second kappa shape index (κ2) is 14.6. The molecule has 7 nitrogen and oxygen atoms in total. The highest BCUT2D eigenvalue weighted by Crippen LogP contribution is 2.40. The summed E-state index contributed by atoms with van der Waals surface area (Å²) in [6.45, 7) is 0. The van der Waals surface area contributed by atoms with E-state index >= 15 is 0 Å². The van der Waals surface area contributed by atoms with Crippen LogP contribution < -0.4 is 0 Å². The predicted octanol–water partition coefficient (Wildman–Crippen LogP) is 13.7. The Morgan fingerprint density at radius 3 is 1.52 bits per heavy atom. The minimum Gasteiger partial charge on any atom is -0.456 e. The van der Waals surface area contributed by atoms with Crippen molar-refractivity contribution in [3.05, 3.63) is 206 Å². The Labute approximate surface area is 356 Å². The fourth-order valence-electron chi connectivity index (χ4n) is 8.54. The largest absolute Gasteiger partial charge is 0.456 e. The Morgan fingerprint density at radius 2 is 0.855 bits per heavy atom. The van der Waals surface area contributed by atoms with Crippen LogP contribution in [0.5, 0.6) is 0 Å². The maximum Gasteiger partial charge on any atom is 0.164 e. The minimum atomic E-state index is 0.584. The Bertz CT molecular complexity index is 3500. The molecule has 0 saturated heterocycles. The molecule has 4 heterocycles. The van der Waals surface area contributed by atoms with Gasteiger partial charge in [0.2, 0.25) is 0 Å². The molecule has 0 atom stereocenters. The van der Waals surface area contributed by atoms with Gasteiger partial charge in [0.05, 0.1) is 16.7 Å².